The van der Waals surface area contributed by atoms with Crippen LogP contribution in [0, 0.1) is 0 Å². The van der Waals surface area contributed by atoms with Gasteiger partial charge in [-0.2, -0.15) is 5.10 Å². The molecule has 0 radical (unpaired) electrons. The number of carbonyl (C=O) groups excluding carboxylic acids is 1. The number of thiophene rings is 1. The SMILES string of the molecule is COC(=O)C1(c2ccc(-n3cccn3)s2)CC1. The molecular formula is C12H12N2O2S. The van der Waals surface area contributed by atoms with E-state index in [9.17, 15) is 4.79 Å². The number of ether oxygens (including phenoxy) is 1. The molecule has 2 aromatic heterocycles. The quantitative estimate of drug-likeness (QED) is 0.782. The lowest BCUT2D eigenvalue weighted by molar-refractivity contribution is -0.143. The number of esters is 1. The average Bonchev–Trinajstić information content (AvgIpc) is 2.84. The van der Waals surface area contributed by atoms with E-state index in [0.29, 0.717) is 0 Å². The molecule has 0 unspecified atom stereocenters. The van der Waals surface area contributed by atoms with Gasteiger partial charge in [-0.25, -0.2) is 4.68 Å². The van der Waals surface area contributed by atoms with Crippen LogP contribution in [0.5, 0.6) is 0 Å². The van der Waals surface area contributed by atoms with Gasteiger partial charge in [-0.3, -0.25) is 4.79 Å². The van der Waals surface area contributed by atoms with Crippen molar-refractivity contribution in [1.29, 1.82) is 0 Å². The standard InChI is InChI=1S/C12H12N2O2S/c1-16-11(15)12(5-6-12)9-3-4-10(17-9)14-8-2-7-13-14/h2-4,7-8H,5-6H2,1H3. The van der Waals surface area contributed by atoms with E-state index in [1.807, 2.05) is 29.1 Å². The van der Waals surface area contributed by atoms with Crippen LogP contribution in [0.25, 0.3) is 5.00 Å². The molecule has 3 rings (SSSR count). The Hall–Kier alpha value is -1.62. The molecule has 2 heterocycles. The molecule has 0 amide bonds. The van der Waals surface area contributed by atoms with Crippen LogP contribution in [0.2, 0.25) is 0 Å². The number of aromatic nitrogens is 2. The van der Waals surface area contributed by atoms with Gasteiger partial charge in [0.2, 0.25) is 0 Å². The molecule has 0 atom stereocenters. The monoisotopic (exact) mass is 248 g/mol. The molecular weight excluding hydrogens is 236 g/mol. The fraction of sp³-hybridized carbons (Fsp3) is 0.333. The largest absolute Gasteiger partial charge is 0.468 e. The highest BCUT2D eigenvalue weighted by Crippen LogP contribution is 2.51. The summed E-state index contributed by atoms with van der Waals surface area (Å²) in [7, 11) is 1.45. The van der Waals surface area contributed by atoms with Crippen molar-refractivity contribution in [2.24, 2.45) is 0 Å². The van der Waals surface area contributed by atoms with E-state index in [1.54, 1.807) is 17.5 Å². The first kappa shape index (κ1) is 10.5. The molecule has 1 fully saturated rings. The number of methoxy groups -OCH3 is 1. The summed E-state index contributed by atoms with van der Waals surface area (Å²) in [6.45, 7) is 0. The maximum Gasteiger partial charge on any atom is 0.317 e. The fourth-order valence-corrected chi connectivity index (χ4v) is 3.16. The Labute approximate surface area is 103 Å². The Bertz CT molecular complexity index is 541. The molecule has 1 saturated carbocycles. The topological polar surface area (TPSA) is 44.1 Å². The highest BCUT2D eigenvalue weighted by molar-refractivity contribution is 7.14. The van der Waals surface area contributed by atoms with Crippen molar-refractivity contribution >= 4 is 17.3 Å². The minimum atomic E-state index is -0.370. The summed E-state index contributed by atoms with van der Waals surface area (Å²) in [4.78, 5) is 12.8. The molecule has 0 bridgehead atoms. The Morgan fingerprint density at radius 3 is 2.94 bits per heavy atom. The van der Waals surface area contributed by atoms with Gasteiger partial charge in [0, 0.05) is 17.3 Å². The van der Waals surface area contributed by atoms with Crippen molar-refractivity contribution in [3.8, 4) is 5.00 Å². The van der Waals surface area contributed by atoms with E-state index in [4.69, 9.17) is 4.74 Å². The van der Waals surface area contributed by atoms with Gasteiger partial charge in [0.25, 0.3) is 0 Å². The first-order chi connectivity index (χ1) is 8.26. The first-order valence-electron chi connectivity index (χ1n) is 5.45. The van der Waals surface area contributed by atoms with E-state index in [1.165, 1.54) is 7.11 Å². The molecule has 2 aromatic rings. The highest BCUT2D eigenvalue weighted by Gasteiger charge is 2.53. The Morgan fingerprint density at radius 2 is 2.35 bits per heavy atom. The van der Waals surface area contributed by atoms with E-state index in [0.717, 1.165) is 22.7 Å². The van der Waals surface area contributed by atoms with Crippen LogP contribution in [0.3, 0.4) is 0 Å². The second-order valence-electron chi connectivity index (χ2n) is 4.16. The van der Waals surface area contributed by atoms with Crippen LogP contribution in [0.4, 0.5) is 0 Å². The fourth-order valence-electron chi connectivity index (χ4n) is 1.98. The lowest BCUT2D eigenvalue weighted by atomic mass is 10.1. The smallest absolute Gasteiger partial charge is 0.317 e. The lowest BCUT2D eigenvalue weighted by Gasteiger charge is -2.09. The van der Waals surface area contributed by atoms with E-state index in [-0.39, 0.29) is 11.4 Å². The second kappa shape index (κ2) is 3.70. The van der Waals surface area contributed by atoms with Gasteiger partial charge >= 0.3 is 5.97 Å². The summed E-state index contributed by atoms with van der Waals surface area (Å²) in [5.74, 6) is -0.119. The van der Waals surface area contributed by atoms with Crippen molar-refractivity contribution in [3.05, 3.63) is 35.5 Å². The molecule has 17 heavy (non-hydrogen) atoms. The van der Waals surface area contributed by atoms with E-state index >= 15 is 0 Å². The predicted octanol–water partition coefficient (Wildman–Crippen LogP) is 2.14. The van der Waals surface area contributed by atoms with Gasteiger partial charge in [-0.15, -0.1) is 11.3 Å². The van der Waals surface area contributed by atoms with Crippen molar-refractivity contribution < 1.29 is 9.53 Å². The molecule has 1 aliphatic rings. The summed E-state index contributed by atoms with van der Waals surface area (Å²) < 4.78 is 6.68. The number of nitrogens with zero attached hydrogens (tertiary/aromatic N) is 2. The van der Waals surface area contributed by atoms with Crippen LogP contribution in [0.1, 0.15) is 17.7 Å². The summed E-state index contributed by atoms with van der Waals surface area (Å²) in [5.41, 5.74) is -0.370. The van der Waals surface area contributed by atoms with Crippen molar-refractivity contribution in [1.82, 2.24) is 9.78 Å². The van der Waals surface area contributed by atoms with Gasteiger partial charge in [0.15, 0.2) is 0 Å². The highest BCUT2D eigenvalue weighted by atomic mass is 32.1. The molecule has 0 spiro atoms. The lowest BCUT2D eigenvalue weighted by Crippen LogP contribution is -2.20. The Kier molecular flexibility index (Phi) is 2.29. The third-order valence-corrected chi connectivity index (χ3v) is 4.40. The molecule has 0 aromatic carbocycles. The zero-order chi connectivity index (χ0) is 11.9. The van der Waals surface area contributed by atoms with Gasteiger partial charge in [-0.05, 0) is 31.0 Å². The van der Waals surface area contributed by atoms with Crippen LogP contribution in [0.15, 0.2) is 30.6 Å². The number of rotatable bonds is 3. The first-order valence-corrected chi connectivity index (χ1v) is 6.27. The predicted molar refractivity (Wildman–Crippen MR) is 64.4 cm³/mol. The summed E-state index contributed by atoms with van der Waals surface area (Å²) >= 11 is 1.60. The van der Waals surface area contributed by atoms with Crippen molar-refractivity contribution in [2.45, 2.75) is 18.3 Å². The van der Waals surface area contributed by atoms with Crippen molar-refractivity contribution in [2.75, 3.05) is 7.11 Å². The van der Waals surface area contributed by atoms with Gasteiger partial charge in [0.1, 0.15) is 10.4 Å². The molecule has 0 N–H and O–H groups in total. The minimum absolute atomic E-state index is 0.119. The third kappa shape index (κ3) is 1.58. The summed E-state index contributed by atoms with van der Waals surface area (Å²) in [5, 5.41) is 5.21. The number of carbonyl (C=O) groups is 1. The van der Waals surface area contributed by atoms with Crippen LogP contribution in [-0.2, 0) is 14.9 Å². The van der Waals surface area contributed by atoms with Crippen LogP contribution >= 0.6 is 11.3 Å². The van der Waals surface area contributed by atoms with E-state index in [2.05, 4.69) is 5.10 Å². The zero-order valence-electron chi connectivity index (χ0n) is 9.42. The maximum absolute atomic E-state index is 11.8. The molecule has 5 heteroatoms. The van der Waals surface area contributed by atoms with E-state index < -0.39 is 0 Å². The van der Waals surface area contributed by atoms with Gasteiger partial charge < -0.3 is 4.74 Å². The molecule has 4 nitrogen and oxygen atoms in total. The molecule has 0 saturated heterocycles. The average molecular weight is 248 g/mol. The Morgan fingerprint density at radius 1 is 1.53 bits per heavy atom. The number of hydrogen-bond donors (Lipinski definition) is 0. The van der Waals surface area contributed by atoms with Crippen LogP contribution in [-0.4, -0.2) is 22.9 Å². The number of hydrogen-bond acceptors (Lipinski definition) is 4. The van der Waals surface area contributed by atoms with Gasteiger partial charge in [-0.1, -0.05) is 0 Å². The minimum Gasteiger partial charge on any atom is -0.468 e. The molecule has 88 valence electrons. The zero-order valence-corrected chi connectivity index (χ0v) is 10.2. The van der Waals surface area contributed by atoms with Crippen LogP contribution < -0.4 is 0 Å². The molecule has 0 aliphatic heterocycles. The summed E-state index contributed by atoms with van der Waals surface area (Å²) in [6, 6.07) is 5.88. The maximum atomic E-state index is 11.8. The normalized spacial score (nSPS) is 16.8. The third-order valence-electron chi connectivity index (χ3n) is 3.12. The van der Waals surface area contributed by atoms with Gasteiger partial charge in [0.05, 0.1) is 7.11 Å². The Balaban J connectivity index is 1.94. The molecule has 1 aliphatic carbocycles. The second-order valence-corrected chi connectivity index (χ2v) is 5.22. The summed E-state index contributed by atoms with van der Waals surface area (Å²) in [6.07, 6.45) is 5.41. The van der Waals surface area contributed by atoms with Crippen molar-refractivity contribution in [3.63, 3.8) is 0 Å².